The van der Waals surface area contributed by atoms with Crippen molar-refractivity contribution in [3.05, 3.63) is 51.3 Å². The topological polar surface area (TPSA) is 50.5 Å². The molecule has 1 amide bonds. The molecule has 4 rings (SSSR count). The summed E-state index contributed by atoms with van der Waals surface area (Å²) in [5.74, 6) is 0.824. The van der Waals surface area contributed by atoms with Gasteiger partial charge >= 0.3 is 0 Å². The maximum Gasteiger partial charge on any atom is 0.285 e. The molecule has 0 bridgehead atoms. The second-order valence-corrected chi connectivity index (χ2v) is 7.60. The predicted molar refractivity (Wildman–Crippen MR) is 92.8 cm³/mol. The monoisotopic (exact) mass is 390 g/mol. The summed E-state index contributed by atoms with van der Waals surface area (Å²) in [6, 6.07) is 8.36. The minimum atomic E-state index is 0.0171. The number of carbonyl (C=O) groups excluding carboxylic acids is 1. The summed E-state index contributed by atoms with van der Waals surface area (Å²) in [6.07, 6.45) is 3.79. The summed E-state index contributed by atoms with van der Waals surface area (Å²) in [5.41, 5.74) is 1.18. The number of hydrogen-bond acceptors (Lipinski definition) is 4. The van der Waals surface area contributed by atoms with Crippen molar-refractivity contribution in [1.82, 2.24) is 19.5 Å². The van der Waals surface area contributed by atoms with E-state index in [0.29, 0.717) is 5.01 Å². The van der Waals surface area contributed by atoms with E-state index in [1.807, 2.05) is 24.0 Å². The van der Waals surface area contributed by atoms with Crippen LogP contribution in [-0.2, 0) is 0 Å². The normalized spacial score (nSPS) is 18.0. The van der Waals surface area contributed by atoms with Crippen molar-refractivity contribution in [2.24, 2.45) is 0 Å². The van der Waals surface area contributed by atoms with E-state index in [0.717, 1.165) is 34.5 Å². The summed E-state index contributed by atoms with van der Waals surface area (Å²) >= 11 is 4.86. The number of fused-ring (bicyclic) bond motifs is 1. The molecule has 0 radical (unpaired) electrons. The second kappa shape index (κ2) is 5.72. The molecule has 118 valence electrons. The molecular formula is C16H15BrN4OS. The lowest BCUT2D eigenvalue weighted by Gasteiger charge is -2.24. The van der Waals surface area contributed by atoms with Crippen LogP contribution in [-0.4, -0.2) is 31.9 Å². The number of imidazole rings is 1. The summed E-state index contributed by atoms with van der Waals surface area (Å²) in [5, 5.41) is 4.97. The number of nitrogens with zero attached hydrogens (tertiary/aromatic N) is 4. The highest BCUT2D eigenvalue weighted by Gasteiger charge is 2.32. The van der Waals surface area contributed by atoms with Gasteiger partial charge in [-0.25, -0.2) is 9.50 Å². The Morgan fingerprint density at radius 1 is 1.35 bits per heavy atom. The highest BCUT2D eigenvalue weighted by atomic mass is 79.9. The van der Waals surface area contributed by atoms with E-state index < -0.39 is 0 Å². The van der Waals surface area contributed by atoms with Crippen molar-refractivity contribution in [2.75, 3.05) is 6.54 Å². The number of aryl methyl sites for hydroxylation is 1. The van der Waals surface area contributed by atoms with E-state index in [9.17, 15) is 4.79 Å². The van der Waals surface area contributed by atoms with Gasteiger partial charge in [0.1, 0.15) is 10.7 Å². The van der Waals surface area contributed by atoms with Crippen LogP contribution in [0.4, 0.5) is 0 Å². The van der Waals surface area contributed by atoms with Crippen molar-refractivity contribution < 1.29 is 4.79 Å². The third-order valence-electron chi connectivity index (χ3n) is 4.22. The van der Waals surface area contributed by atoms with E-state index in [1.165, 1.54) is 16.9 Å². The second-order valence-electron chi connectivity index (χ2n) is 5.67. The van der Waals surface area contributed by atoms with Gasteiger partial charge in [-0.2, -0.15) is 0 Å². The zero-order valence-electron chi connectivity index (χ0n) is 12.6. The molecule has 2 aromatic heterocycles. The number of carbonyl (C=O) groups is 1. The maximum absolute atomic E-state index is 12.9. The molecule has 0 unspecified atom stereocenters. The first-order valence-electron chi connectivity index (χ1n) is 7.51. The number of rotatable bonds is 2. The van der Waals surface area contributed by atoms with Gasteiger partial charge in [0.25, 0.3) is 5.91 Å². The molecule has 0 N–H and O–H groups in total. The van der Waals surface area contributed by atoms with Gasteiger partial charge < -0.3 is 4.90 Å². The number of hydrogen-bond donors (Lipinski definition) is 0. The quantitative estimate of drug-likeness (QED) is 0.667. The lowest BCUT2D eigenvalue weighted by molar-refractivity contribution is 0.0734. The van der Waals surface area contributed by atoms with E-state index >= 15 is 0 Å². The van der Waals surface area contributed by atoms with Gasteiger partial charge in [-0.05, 0) is 37.5 Å². The van der Waals surface area contributed by atoms with Gasteiger partial charge in [0.15, 0.2) is 0 Å². The van der Waals surface area contributed by atoms with E-state index in [2.05, 4.69) is 38.1 Å². The molecule has 7 heteroatoms. The summed E-state index contributed by atoms with van der Waals surface area (Å²) in [4.78, 5) is 20.0. The Labute approximate surface area is 146 Å². The zero-order chi connectivity index (χ0) is 16.0. The van der Waals surface area contributed by atoms with Crippen molar-refractivity contribution in [2.45, 2.75) is 25.8 Å². The summed E-state index contributed by atoms with van der Waals surface area (Å²) < 4.78 is 2.79. The van der Waals surface area contributed by atoms with Crippen LogP contribution in [0.1, 0.15) is 40.1 Å². The molecular weight excluding hydrogens is 376 g/mol. The molecule has 3 aromatic rings. The molecule has 0 aliphatic carbocycles. The molecule has 1 aromatic carbocycles. The van der Waals surface area contributed by atoms with Gasteiger partial charge in [0.05, 0.1) is 12.2 Å². The van der Waals surface area contributed by atoms with Gasteiger partial charge in [-0.3, -0.25) is 4.79 Å². The Morgan fingerprint density at radius 2 is 2.13 bits per heavy atom. The molecule has 1 atom stereocenters. The van der Waals surface area contributed by atoms with Gasteiger partial charge in [0, 0.05) is 11.0 Å². The van der Waals surface area contributed by atoms with Crippen LogP contribution in [0, 0.1) is 6.92 Å². The molecule has 1 aliphatic heterocycles. The number of amides is 1. The van der Waals surface area contributed by atoms with Crippen LogP contribution < -0.4 is 0 Å². The van der Waals surface area contributed by atoms with Crippen molar-refractivity contribution in [1.29, 1.82) is 0 Å². The molecule has 1 fully saturated rings. The molecule has 23 heavy (non-hydrogen) atoms. The highest BCUT2D eigenvalue weighted by Crippen LogP contribution is 2.34. The van der Waals surface area contributed by atoms with E-state index in [1.54, 1.807) is 10.7 Å². The number of likely N-dealkylation sites (tertiary alicyclic amines) is 1. The smallest absolute Gasteiger partial charge is 0.285 e. The van der Waals surface area contributed by atoms with Gasteiger partial charge in [-0.1, -0.05) is 39.4 Å². The Kier molecular flexibility index (Phi) is 3.69. The Balaban J connectivity index is 1.64. The number of benzene rings is 1. The van der Waals surface area contributed by atoms with Crippen LogP contribution in [0.25, 0.3) is 4.83 Å². The lowest BCUT2D eigenvalue weighted by Crippen LogP contribution is -2.30. The van der Waals surface area contributed by atoms with Crippen LogP contribution in [0.2, 0.25) is 0 Å². The lowest BCUT2D eigenvalue weighted by atomic mass is 10.0. The zero-order valence-corrected chi connectivity index (χ0v) is 15.0. The van der Waals surface area contributed by atoms with Gasteiger partial charge in [0.2, 0.25) is 5.01 Å². The van der Waals surface area contributed by atoms with Crippen molar-refractivity contribution >= 4 is 38.0 Å². The first kappa shape index (κ1) is 14.8. The Morgan fingerprint density at radius 3 is 2.87 bits per heavy atom. The van der Waals surface area contributed by atoms with Crippen molar-refractivity contribution in [3.63, 3.8) is 0 Å². The van der Waals surface area contributed by atoms with E-state index in [4.69, 9.17) is 0 Å². The number of aromatic nitrogens is 3. The largest absolute Gasteiger partial charge is 0.329 e. The molecule has 5 nitrogen and oxygen atoms in total. The SMILES string of the molecule is Cc1ncc2sc(C(=O)N3CCC[C@H]3c3ccc(Br)cc3)nn12. The molecule has 0 spiro atoms. The fourth-order valence-corrected chi connectivity index (χ4v) is 4.22. The Hall–Kier alpha value is -1.73. The molecule has 0 saturated carbocycles. The fourth-order valence-electron chi connectivity index (χ4n) is 3.07. The first-order chi connectivity index (χ1) is 11.1. The molecule has 1 aliphatic rings. The molecule has 3 heterocycles. The Bertz CT molecular complexity index is 870. The van der Waals surface area contributed by atoms with Crippen LogP contribution in [0.5, 0.6) is 0 Å². The van der Waals surface area contributed by atoms with Crippen LogP contribution in [0.15, 0.2) is 34.9 Å². The standard InChI is InChI=1S/C16H15BrN4OS/c1-10-18-9-14-21(10)19-15(23-14)16(22)20-8-2-3-13(20)11-4-6-12(17)7-5-11/h4-7,9,13H,2-3,8H2,1H3/t13-/m0/s1. The fraction of sp³-hybridized carbons (Fsp3) is 0.312. The van der Waals surface area contributed by atoms with Gasteiger partial charge in [-0.15, -0.1) is 5.10 Å². The van der Waals surface area contributed by atoms with Crippen molar-refractivity contribution in [3.8, 4) is 0 Å². The molecule has 1 saturated heterocycles. The van der Waals surface area contributed by atoms with E-state index in [-0.39, 0.29) is 11.9 Å². The average Bonchev–Trinajstić information content (AvgIpc) is 3.25. The van der Waals surface area contributed by atoms with Crippen LogP contribution in [0.3, 0.4) is 0 Å². The summed E-state index contributed by atoms with van der Waals surface area (Å²) in [6.45, 7) is 2.67. The summed E-state index contributed by atoms with van der Waals surface area (Å²) in [7, 11) is 0. The minimum absolute atomic E-state index is 0.0171. The minimum Gasteiger partial charge on any atom is -0.329 e. The third-order valence-corrected chi connectivity index (χ3v) is 5.69. The first-order valence-corrected chi connectivity index (χ1v) is 9.12. The predicted octanol–water partition coefficient (Wildman–Crippen LogP) is 3.84. The number of halogens is 1. The average molecular weight is 391 g/mol. The van der Waals surface area contributed by atoms with Crippen LogP contribution >= 0.6 is 27.3 Å². The maximum atomic E-state index is 12.9. The third kappa shape index (κ3) is 2.57. The highest BCUT2D eigenvalue weighted by molar-refractivity contribution is 9.10.